The first-order valence-electron chi connectivity index (χ1n) is 5.02. The highest BCUT2D eigenvalue weighted by Gasteiger charge is 2.19. The topological polar surface area (TPSA) is 101 Å². The molecule has 0 spiro atoms. The minimum atomic E-state index is -3.81. The van der Waals surface area contributed by atoms with Gasteiger partial charge in [-0.1, -0.05) is 12.1 Å². The number of hydrogen-bond donors (Lipinski definition) is 2. The number of fused-ring (bicyclic) bond motifs is 1. The molecule has 0 saturated carbocycles. The van der Waals surface area contributed by atoms with Crippen LogP contribution in [0.3, 0.4) is 0 Å². The van der Waals surface area contributed by atoms with Crippen LogP contribution in [-0.4, -0.2) is 37.4 Å². The van der Waals surface area contributed by atoms with E-state index in [9.17, 15) is 13.2 Å². The summed E-state index contributed by atoms with van der Waals surface area (Å²) in [6.45, 7) is 0. The SMILES string of the molecule is COC(=O)CS(=O)(=O)Nc1n[nH]c2ccccc12. The standard InChI is InChI=1S/C10H11N3O4S/c1-17-9(14)6-18(15,16)13-10-7-4-2-3-5-8(7)11-12-10/h2-5H,6H2,1H3,(H2,11,12,13). The van der Waals surface area contributed by atoms with Crippen molar-refractivity contribution in [3.8, 4) is 0 Å². The number of rotatable bonds is 4. The Morgan fingerprint density at radius 3 is 2.89 bits per heavy atom. The molecule has 0 unspecified atom stereocenters. The molecule has 0 fully saturated rings. The fourth-order valence-electron chi connectivity index (χ4n) is 1.44. The minimum absolute atomic E-state index is 0.162. The number of ether oxygens (including phenoxy) is 1. The number of esters is 1. The zero-order chi connectivity index (χ0) is 13.2. The molecule has 0 amide bonds. The molecule has 0 atom stereocenters. The normalized spacial score (nSPS) is 11.4. The zero-order valence-electron chi connectivity index (χ0n) is 9.50. The molecule has 7 nitrogen and oxygen atoms in total. The Labute approximate surface area is 103 Å². The van der Waals surface area contributed by atoms with E-state index >= 15 is 0 Å². The van der Waals surface area contributed by atoms with Gasteiger partial charge in [-0.15, -0.1) is 0 Å². The number of methoxy groups -OCH3 is 1. The van der Waals surface area contributed by atoms with Crippen LogP contribution in [0.1, 0.15) is 0 Å². The van der Waals surface area contributed by atoms with Gasteiger partial charge in [-0.3, -0.25) is 14.6 Å². The lowest BCUT2D eigenvalue weighted by molar-refractivity contribution is -0.137. The lowest BCUT2D eigenvalue weighted by Gasteiger charge is -2.04. The molecule has 1 heterocycles. The second kappa shape index (κ2) is 4.65. The number of nitrogens with zero attached hydrogens (tertiary/aromatic N) is 1. The summed E-state index contributed by atoms with van der Waals surface area (Å²) in [7, 11) is -2.69. The van der Waals surface area contributed by atoms with E-state index in [-0.39, 0.29) is 5.82 Å². The maximum absolute atomic E-state index is 11.6. The highest BCUT2D eigenvalue weighted by molar-refractivity contribution is 7.93. The summed E-state index contributed by atoms with van der Waals surface area (Å²) < 4.78 is 29.8. The average Bonchev–Trinajstić information content (AvgIpc) is 2.71. The van der Waals surface area contributed by atoms with Gasteiger partial charge in [0.2, 0.25) is 10.0 Å². The van der Waals surface area contributed by atoms with E-state index in [4.69, 9.17) is 0 Å². The van der Waals surface area contributed by atoms with E-state index in [0.29, 0.717) is 10.9 Å². The number of aromatic amines is 1. The number of hydrogen-bond acceptors (Lipinski definition) is 5. The van der Waals surface area contributed by atoms with Crippen molar-refractivity contribution in [2.75, 3.05) is 17.6 Å². The van der Waals surface area contributed by atoms with Crippen molar-refractivity contribution in [2.45, 2.75) is 0 Å². The van der Waals surface area contributed by atoms with Crippen molar-refractivity contribution in [2.24, 2.45) is 0 Å². The van der Waals surface area contributed by atoms with Crippen LogP contribution in [0.15, 0.2) is 24.3 Å². The van der Waals surface area contributed by atoms with Crippen LogP contribution in [0.4, 0.5) is 5.82 Å². The van der Waals surface area contributed by atoms with Crippen LogP contribution in [0, 0.1) is 0 Å². The Bertz CT molecular complexity index is 677. The molecule has 0 aliphatic heterocycles. The number of benzene rings is 1. The minimum Gasteiger partial charge on any atom is -0.468 e. The molecule has 8 heteroatoms. The van der Waals surface area contributed by atoms with Crippen molar-refractivity contribution in [3.63, 3.8) is 0 Å². The van der Waals surface area contributed by atoms with E-state index in [1.807, 2.05) is 0 Å². The lowest BCUT2D eigenvalue weighted by atomic mass is 10.2. The molecule has 0 aliphatic carbocycles. The third-order valence-electron chi connectivity index (χ3n) is 2.26. The van der Waals surface area contributed by atoms with Crippen LogP contribution >= 0.6 is 0 Å². The summed E-state index contributed by atoms with van der Waals surface area (Å²) in [5.74, 6) is -1.41. The lowest BCUT2D eigenvalue weighted by Crippen LogP contribution is -2.23. The third kappa shape index (κ3) is 2.59. The number of aromatic nitrogens is 2. The molecule has 2 aromatic rings. The summed E-state index contributed by atoms with van der Waals surface area (Å²) in [5.41, 5.74) is 0.702. The molecule has 0 saturated heterocycles. The van der Waals surface area contributed by atoms with Gasteiger partial charge < -0.3 is 4.74 Å². The number of sulfonamides is 1. The molecule has 0 bridgehead atoms. The van der Waals surface area contributed by atoms with Gasteiger partial charge in [0.1, 0.15) is 0 Å². The van der Waals surface area contributed by atoms with E-state index in [1.54, 1.807) is 24.3 Å². The summed E-state index contributed by atoms with van der Waals surface area (Å²) in [6, 6.07) is 7.04. The fourth-order valence-corrected chi connectivity index (χ4v) is 2.39. The Kier molecular flexibility index (Phi) is 3.19. The summed E-state index contributed by atoms with van der Waals surface area (Å²) >= 11 is 0. The van der Waals surface area contributed by atoms with Crippen molar-refractivity contribution in [3.05, 3.63) is 24.3 Å². The molecule has 18 heavy (non-hydrogen) atoms. The van der Waals surface area contributed by atoms with Gasteiger partial charge in [-0.05, 0) is 12.1 Å². The van der Waals surface area contributed by atoms with Gasteiger partial charge in [-0.2, -0.15) is 5.10 Å². The van der Waals surface area contributed by atoms with Crippen LogP contribution in [0.25, 0.3) is 10.9 Å². The first-order valence-corrected chi connectivity index (χ1v) is 6.67. The molecule has 1 aromatic heterocycles. The maximum Gasteiger partial charge on any atom is 0.322 e. The van der Waals surface area contributed by atoms with Gasteiger partial charge in [0.15, 0.2) is 11.6 Å². The Morgan fingerprint density at radius 1 is 1.44 bits per heavy atom. The van der Waals surface area contributed by atoms with E-state index in [1.165, 1.54) is 0 Å². The Morgan fingerprint density at radius 2 is 2.17 bits per heavy atom. The smallest absolute Gasteiger partial charge is 0.322 e. The molecule has 96 valence electrons. The number of carbonyl (C=O) groups excluding carboxylic acids is 1. The van der Waals surface area contributed by atoms with E-state index < -0.39 is 21.7 Å². The summed E-state index contributed by atoms with van der Waals surface area (Å²) in [4.78, 5) is 10.9. The molecule has 1 aromatic carbocycles. The van der Waals surface area contributed by atoms with Crippen LogP contribution in [0.5, 0.6) is 0 Å². The van der Waals surface area contributed by atoms with Crippen molar-refractivity contribution in [1.82, 2.24) is 10.2 Å². The first-order chi connectivity index (χ1) is 8.52. The second-order valence-electron chi connectivity index (χ2n) is 3.56. The highest BCUT2D eigenvalue weighted by atomic mass is 32.2. The number of nitrogens with one attached hydrogen (secondary N) is 2. The first kappa shape index (κ1) is 12.4. The highest BCUT2D eigenvalue weighted by Crippen LogP contribution is 2.20. The average molecular weight is 269 g/mol. The largest absolute Gasteiger partial charge is 0.468 e. The zero-order valence-corrected chi connectivity index (χ0v) is 10.3. The predicted octanol–water partition coefficient (Wildman–Crippen LogP) is 0.478. The van der Waals surface area contributed by atoms with Crippen molar-refractivity contribution in [1.29, 1.82) is 0 Å². The molecule has 0 aliphatic rings. The van der Waals surface area contributed by atoms with Gasteiger partial charge in [-0.25, -0.2) is 8.42 Å². The van der Waals surface area contributed by atoms with Crippen molar-refractivity contribution < 1.29 is 17.9 Å². The molecular formula is C10H11N3O4S. The number of H-pyrrole nitrogens is 1. The third-order valence-corrected chi connectivity index (χ3v) is 3.38. The number of anilines is 1. The van der Waals surface area contributed by atoms with Gasteiger partial charge >= 0.3 is 5.97 Å². The number of carbonyl (C=O) groups is 1. The van der Waals surface area contributed by atoms with E-state index in [0.717, 1.165) is 7.11 Å². The number of para-hydroxylation sites is 1. The summed E-state index contributed by atoms with van der Waals surface area (Å²) in [5, 5.41) is 7.16. The van der Waals surface area contributed by atoms with Gasteiger partial charge in [0.05, 0.1) is 12.6 Å². The fraction of sp³-hybridized carbons (Fsp3) is 0.200. The second-order valence-corrected chi connectivity index (χ2v) is 5.28. The van der Waals surface area contributed by atoms with Crippen molar-refractivity contribution >= 4 is 32.7 Å². The molecule has 0 radical (unpaired) electrons. The quantitative estimate of drug-likeness (QED) is 0.786. The van der Waals surface area contributed by atoms with E-state index in [2.05, 4.69) is 19.7 Å². The Balaban J connectivity index is 2.26. The van der Waals surface area contributed by atoms with Gasteiger partial charge in [0.25, 0.3) is 0 Å². The van der Waals surface area contributed by atoms with Crippen LogP contribution in [0.2, 0.25) is 0 Å². The van der Waals surface area contributed by atoms with Crippen LogP contribution in [-0.2, 0) is 19.6 Å². The monoisotopic (exact) mass is 269 g/mol. The predicted molar refractivity (Wildman–Crippen MR) is 65.5 cm³/mol. The maximum atomic E-state index is 11.6. The molecule has 2 rings (SSSR count). The van der Waals surface area contributed by atoms with Crippen LogP contribution < -0.4 is 4.72 Å². The Hall–Kier alpha value is -2.09. The van der Waals surface area contributed by atoms with Gasteiger partial charge in [0, 0.05) is 5.39 Å². The molecular weight excluding hydrogens is 258 g/mol. The summed E-state index contributed by atoms with van der Waals surface area (Å²) in [6.07, 6.45) is 0. The molecule has 2 N–H and O–H groups in total.